The third-order valence-corrected chi connectivity index (χ3v) is 4.71. The average molecular weight is 356 g/mol. The van der Waals surface area contributed by atoms with Crippen LogP contribution in [0.3, 0.4) is 0 Å². The third-order valence-electron chi connectivity index (χ3n) is 4.71. The fourth-order valence-electron chi connectivity index (χ4n) is 3.18. The molecular formula is C20H25FN4O. The number of halogens is 1. The molecule has 26 heavy (non-hydrogen) atoms. The van der Waals surface area contributed by atoms with Crippen LogP contribution < -0.4 is 16.0 Å². The van der Waals surface area contributed by atoms with E-state index in [9.17, 15) is 9.18 Å². The molecule has 2 aromatic carbocycles. The predicted molar refractivity (Wildman–Crippen MR) is 102 cm³/mol. The minimum Gasteiger partial charge on any atom is -0.398 e. The van der Waals surface area contributed by atoms with Gasteiger partial charge in [-0.2, -0.15) is 0 Å². The lowest BCUT2D eigenvalue weighted by atomic mass is 10.1. The molecule has 0 radical (unpaired) electrons. The number of rotatable bonds is 5. The highest BCUT2D eigenvalue weighted by molar-refractivity contribution is 5.72. The molecule has 3 N–H and O–H groups in total. The van der Waals surface area contributed by atoms with Crippen molar-refractivity contribution in [2.45, 2.75) is 20.0 Å². The minimum absolute atomic E-state index is 0.0494. The monoisotopic (exact) mass is 356 g/mol. The van der Waals surface area contributed by atoms with Crippen LogP contribution in [0.15, 0.2) is 42.5 Å². The Labute approximate surface area is 153 Å². The van der Waals surface area contributed by atoms with Gasteiger partial charge in [0, 0.05) is 57.6 Å². The summed E-state index contributed by atoms with van der Waals surface area (Å²) in [5.74, 6) is -0.253. The molecule has 0 aliphatic carbocycles. The van der Waals surface area contributed by atoms with Gasteiger partial charge in [-0.15, -0.1) is 0 Å². The Hall–Kier alpha value is -2.60. The summed E-state index contributed by atoms with van der Waals surface area (Å²) in [6, 6.07) is 12.7. The molecular weight excluding hydrogens is 331 g/mol. The van der Waals surface area contributed by atoms with E-state index in [-0.39, 0.29) is 11.7 Å². The molecule has 1 aliphatic heterocycles. The Morgan fingerprint density at radius 3 is 2.42 bits per heavy atom. The highest BCUT2D eigenvalue weighted by atomic mass is 19.1. The molecule has 2 aromatic rings. The third kappa shape index (κ3) is 4.73. The summed E-state index contributed by atoms with van der Waals surface area (Å²) < 4.78 is 13.1. The maximum atomic E-state index is 13.1. The van der Waals surface area contributed by atoms with Crippen LogP contribution in [-0.2, 0) is 17.9 Å². The number of carbonyl (C=O) groups excluding carboxylic acids is 1. The van der Waals surface area contributed by atoms with Crippen molar-refractivity contribution in [3.8, 4) is 0 Å². The van der Waals surface area contributed by atoms with E-state index >= 15 is 0 Å². The first-order valence-electron chi connectivity index (χ1n) is 8.86. The van der Waals surface area contributed by atoms with E-state index in [1.807, 2.05) is 30.3 Å². The topological polar surface area (TPSA) is 61.6 Å². The van der Waals surface area contributed by atoms with Crippen LogP contribution in [0.5, 0.6) is 0 Å². The second-order valence-corrected chi connectivity index (χ2v) is 6.68. The molecule has 1 amide bonds. The number of nitrogens with zero attached hydrogens (tertiary/aromatic N) is 2. The summed E-state index contributed by atoms with van der Waals surface area (Å²) in [5.41, 5.74) is 10.1. The van der Waals surface area contributed by atoms with Gasteiger partial charge in [0.25, 0.3) is 0 Å². The molecule has 0 bridgehead atoms. The molecule has 5 nitrogen and oxygen atoms in total. The summed E-state index contributed by atoms with van der Waals surface area (Å²) >= 11 is 0. The quantitative estimate of drug-likeness (QED) is 0.808. The fraction of sp³-hybridized carbons (Fsp3) is 0.350. The number of carbonyl (C=O) groups is 1. The summed E-state index contributed by atoms with van der Waals surface area (Å²) in [6.07, 6.45) is 0. The van der Waals surface area contributed by atoms with Gasteiger partial charge >= 0.3 is 0 Å². The van der Waals surface area contributed by atoms with Crippen LogP contribution in [0, 0.1) is 5.82 Å². The molecule has 6 heteroatoms. The van der Waals surface area contributed by atoms with Crippen LogP contribution in [0.1, 0.15) is 18.1 Å². The normalized spacial score (nSPS) is 15.1. The van der Waals surface area contributed by atoms with E-state index in [1.165, 1.54) is 19.1 Å². The number of nitrogens with one attached hydrogen (secondary N) is 1. The van der Waals surface area contributed by atoms with Crippen molar-refractivity contribution in [3.63, 3.8) is 0 Å². The Bertz CT molecular complexity index is 755. The first kappa shape index (κ1) is 18.2. The van der Waals surface area contributed by atoms with Crippen molar-refractivity contribution >= 4 is 17.3 Å². The van der Waals surface area contributed by atoms with Crippen LogP contribution in [0.25, 0.3) is 0 Å². The van der Waals surface area contributed by atoms with Crippen molar-refractivity contribution < 1.29 is 9.18 Å². The van der Waals surface area contributed by atoms with Gasteiger partial charge in [-0.25, -0.2) is 4.39 Å². The van der Waals surface area contributed by atoms with Crippen molar-refractivity contribution in [2.75, 3.05) is 36.8 Å². The standard InChI is InChI=1S/C20H25FN4O/c1-15(26)23-13-16-2-3-17(20(22)12-16)14-24-8-10-25(11-9-24)19-6-4-18(21)5-7-19/h2-7,12H,8-11,13-14,22H2,1H3,(H,23,26). The maximum absolute atomic E-state index is 13.1. The van der Waals surface area contributed by atoms with E-state index in [0.717, 1.165) is 55.2 Å². The van der Waals surface area contributed by atoms with Crippen LogP contribution in [0.4, 0.5) is 15.8 Å². The Balaban J connectivity index is 1.54. The van der Waals surface area contributed by atoms with Crippen molar-refractivity contribution in [2.24, 2.45) is 0 Å². The van der Waals surface area contributed by atoms with Crippen LogP contribution in [0.2, 0.25) is 0 Å². The van der Waals surface area contributed by atoms with Gasteiger partial charge in [0.05, 0.1) is 0 Å². The number of amides is 1. The van der Waals surface area contributed by atoms with Gasteiger partial charge in [-0.3, -0.25) is 9.69 Å². The Morgan fingerprint density at radius 2 is 1.81 bits per heavy atom. The van der Waals surface area contributed by atoms with Gasteiger partial charge < -0.3 is 16.0 Å². The number of anilines is 2. The maximum Gasteiger partial charge on any atom is 0.217 e. The molecule has 0 spiro atoms. The number of benzene rings is 2. The van der Waals surface area contributed by atoms with Gasteiger partial charge in [-0.05, 0) is 41.5 Å². The van der Waals surface area contributed by atoms with Crippen molar-refractivity contribution in [1.29, 1.82) is 0 Å². The smallest absolute Gasteiger partial charge is 0.217 e. The minimum atomic E-state index is -0.204. The molecule has 0 aromatic heterocycles. The molecule has 1 aliphatic rings. The number of hydrogen-bond acceptors (Lipinski definition) is 4. The lowest BCUT2D eigenvalue weighted by Gasteiger charge is -2.36. The van der Waals surface area contributed by atoms with E-state index in [1.54, 1.807) is 0 Å². The average Bonchev–Trinajstić information content (AvgIpc) is 2.63. The lowest BCUT2D eigenvalue weighted by molar-refractivity contribution is -0.119. The van der Waals surface area contributed by atoms with E-state index < -0.39 is 0 Å². The molecule has 1 fully saturated rings. The van der Waals surface area contributed by atoms with Gasteiger partial charge in [-0.1, -0.05) is 12.1 Å². The van der Waals surface area contributed by atoms with Gasteiger partial charge in [0.2, 0.25) is 5.91 Å². The number of nitrogens with two attached hydrogens (primary N) is 1. The highest BCUT2D eigenvalue weighted by Gasteiger charge is 2.18. The second kappa shape index (κ2) is 8.19. The van der Waals surface area contributed by atoms with E-state index in [0.29, 0.717) is 6.54 Å². The molecule has 0 atom stereocenters. The van der Waals surface area contributed by atoms with E-state index in [4.69, 9.17) is 5.73 Å². The molecule has 1 saturated heterocycles. The number of nitrogen functional groups attached to an aromatic ring is 1. The fourth-order valence-corrected chi connectivity index (χ4v) is 3.18. The predicted octanol–water partition coefficient (Wildman–Crippen LogP) is 2.37. The zero-order valence-corrected chi connectivity index (χ0v) is 15.0. The van der Waals surface area contributed by atoms with Crippen LogP contribution in [-0.4, -0.2) is 37.0 Å². The van der Waals surface area contributed by atoms with Crippen molar-refractivity contribution in [3.05, 3.63) is 59.4 Å². The number of piperazine rings is 1. The molecule has 138 valence electrons. The van der Waals surface area contributed by atoms with E-state index in [2.05, 4.69) is 15.1 Å². The summed E-state index contributed by atoms with van der Waals surface area (Å²) in [5, 5.41) is 2.78. The molecule has 1 heterocycles. The largest absolute Gasteiger partial charge is 0.398 e. The highest BCUT2D eigenvalue weighted by Crippen LogP contribution is 2.20. The first-order valence-corrected chi connectivity index (χ1v) is 8.86. The van der Waals surface area contributed by atoms with Crippen molar-refractivity contribution in [1.82, 2.24) is 10.2 Å². The Kier molecular flexibility index (Phi) is 5.73. The molecule has 3 rings (SSSR count). The van der Waals surface area contributed by atoms with Gasteiger partial charge in [0.1, 0.15) is 5.82 Å². The molecule has 0 saturated carbocycles. The zero-order chi connectivity index (χ0) is 18.5. The summed E-state index contributed by atoms with van der Waals surface area (Å²) in [6.45, 7) is 6.50. The second-order valence-electron chi connectivity index (χ2n) is 6.68. The van der Waals surface area contributed by atoms with Gasteiger partial charge in [0.15, 0.2) is 0 Å². The van der Waals surface area contributed by atoms with Crippen LogP contribution >= 0.6 is 0 Å². The zero-order valence-electron chi connectivity index (χ0n) is 15.0. The SMILES string of the molecule is CC(=O)NCc1ccc(CN2CCN(c3ccc(F)cc3)CC2)c(N)c1. The first-order chi connectivity index (χ1) is 12.5. The Morgan fingerprint density at radius 1 is 1.12 bits per heavy atom. The number of hydrogen-bond donors (Lipinski definition) is 2. The summed E-state index contributed by atoms with van der Waals surface area (Å²) in [7, 11) is 0. The molecule has 0 unspecified atom stereocenters. The summed E-state index contributed by atoms with van der Waals surface area (Å²) in [4.78, 5) is 15.7. The lowest BCUT2D eigenvalue weighted by Crippen LogP contribution is -2.46.